The topological polar surface area (TPSA) is 69.1 Å². The van der Waals surface area contributed by atoms with E-state index in [1.165, 1.54) is 0 Å². The van der Waals surface area contributed by atoms with E-state index in [1.807, 2.05) is 0 Å². The fraction of sp³-hybridized carbons (Fsp3) is 0. The van der Waals surface area contributed by atoms with Gasteiger partial charge in [0.05, 0.1) is 0 Å². The number of aromatic nitrogens is 4. The molecule has 0 amide bonds. The fourth-order valence-electron chi connectivity index (χ4n) is 0.742. The van der Waals surface area contributed by atoms with Crippen LogP contribution in [0.25, 0.3) is 5.65 Å². The summed E-state index contributed by atoms with van der Waals surface area (Å²) in [6, 6.07) is 1.66. The Morgan fingerprint density at radius 3 is 3.20 bits per heavy atom. The number of fused-ring (bicyclic) bond motifs is 1. The first-order valence-electron chi connectivity index (χ1n) is 2.77. The Labute approximate surface area is 56.5 Å². The van der Waals surface area contributed by atoms with Crippen molar-refractivity contribution in [2.45, 2.75) is 0 Å². The molecule has 0 radical (unpaired) electrons. The van der Waals surface area contributed by atoms with Crippen molar-refractivity contribution in [3.05, 3.63) is 18.7 Å². The Morgan fingerprint density at radius 2 is 2.30 bits per heavy atom. The van der Waals surface area contributed by atoms with Crippen LogP contribution in [0.1, 0.15) is 0 Å². The SMILES string of the molecule is Nc1cc2nncn2cn1. The van der Waals surface area contributed by atoms with Gasteiger partial charge in [0.15, 0.2) is 5.65 Å². The van der Waals surface area contributed by atoms with Gasteiger partial charge in [-0.05, 0) is 0 Å². The van der Waals surface area contributed by atoms with Crippen LogP contribution in [0, 0.1) is 0 Å². The highest BCUT2D eigenvalue weighted by Crippen LogP contribution is 1.99. The smallest absolute Gasteiger partial charge is 0.165 e. The van der Waals surface area contributed by atoms with Crippen LogP contribution in [0.3, 0.4) is 0 Å². The summed E-state index contributed by atoms with van der Waals surface area (Å²) in [5.74, 6) is 0.459. The number of anilines is 1. The molecule has 0 aliphatic carbocycles. The number of rotatable bonds is 0. The molecule has 0 saturated carbocycles. The Kier molecular flexibility index (Phi) is 0.858. The molecule has 50 valence electrons. The summed E-state index contributed by atoms with van der Waals surface area (Å²) in [4.78, 5) is 3.84. The second-order valence-electron chi connectivity index (χ2n) is 1.91. The van der Waals surface area contributed by atoms with E-state index in [1.54, 1.807) is 23.1 Å². The van der Waals surface area contributed by atoms with Gasteiger partial charge in [0, 0.05) is 6.07 Å². The Hall–Kier alpha value is -1.65. The Balaban J connectivity index is 2.86. The van der Waals surface area contributed by atoms with E-state index in [9.17, 15) is 0 Å². The third kappa shape index (κ3) is 0.604. The molecule has 5 heteroatoms. The molecule has 10 heavy (non-hydrogen) atoms. The molecule has 0 unspecified atom stereocenters. The van der Waals surface area contributed by atoms with Crippen LogP contribution in [-0.4, -0.2) is 19.6 Å². The lowest BCUT2D eigenvalue weighted by Gasteiger charge is -1.90. The Bertz CT molecular complexity index is 352. The van der Waals surface area contributed by atoms with Gasteiger partial charge in [0.25, 0.3) is 0 Å². The molecule has 0 aliphatic heterocycles. The third-order valence-electron chi connectivity index (χ3n) is 1.21. The van der Waals surface area contributed by atoms with Gasteiger partial charge in [-0.25, -0.2) is 4.98 Å². The van der Waals surface area contributed by atoms with Crippen molar-refractivity contribution >= 4 is 11.5 Å². The molecule has 0 bridgehead atoms. The molecule has 2 aromatic rings. The van der Waals surface area contributed by atoms with Gasteiger partial charge in [-0.3, -0.25) is 4.40 Å². The first-order chi connectivity index (χ1) is 4.86. The largest absolute Gasteiger partial charge is 0.384 e. The van der Waals surface area contributed by atoms with Crippen LogP contribution < -0.4 is 5.73 Å². The van der Waals surface area contributed by atoms with Crippen LogP contribution in [-0.2, 0) is 0 Å². The lowest BCUT2D eigenvalue weighted by Crippen LogP contribution is -1.92. The van der Waals surface area contributed by atoms with E-state index >= 15 is 0 Å². The van der Waals surface area contributed by atoms with Crippen molar-refractivity contribution in [3.8, 4) is 0 Å². The zero-order valence-corrected chi connectivity index (χ0v) is 5.10. The summed E-state index contributed by atoms with van der Waals surface area (Å²) in [6.45, 7) is 0. The van der Waals surface area contributed by atoms with Crippen LogP contribution in [0.5, 0.6) is 0 Å². The predicted molar refractivity (Wildman–Crippen MR) is 35.2 cm³/mol. The molecule has 0 saturated heterocycles. The minimum absolute atomic E-state index is 0.459. The van der Waals surface area contributed by atoms with E-state index in [0.717, 1.165) is 0 Å². The maximum atomic E-state index is 5.39. The quantitative estimate of drug-likeness (QED) is 0.538. The number of hydrogen-bond donors (Lipinski definition) is 1. The third-order valence-corrected chi connectivity index (χ3v) is 1.21. The van der Waals surface area contributed by atoms with Gasteiger partial charge in [0.2, 0.25) is 0 Å². The van der Waals surface area contributed by atoms with Crippen molar-refractivity contribution in [3.63, 3.8) is 0 Å². The second kappa shape index (κ2) is 1.66. The number of nitrogens with two attached hydrogens (primary N) is 1. The highest BCUT2D eigenvalue weighted by atomic mass is 15.2. The minimum Gasteiger partial charge on any atom is -0.384 e. The number of hydrogen-bond acceptors (Lipinski definition) is 4. The average molecular weight is 135 g/mol. The van der Waals surface area contributed by atoms with E-state index in [4.69, 9.17) is 5.73 Å². The molecule has 5 nitrogen and oxygen atoms in total. The molecule has 2 N–H and O–H groups in total. The van der Waals surface area contributed by atoms with E-state index < -0.39 is 0 Å². The lowest BCUT2D eigenvalue weighted by molar-refractivity contribution is 1.07. The molecule has 0 aliphatic rings. The summed E-state index contributed by atoms with van der Waals surface area (Å²) in [5.41, 5.74) is 6.11. The molecule has 0 spiro atoms. The van der Waals surface area contributed by atoms with E-state index in [-0.39, 0.29) is 0 Å². The minimum atomic E-state index is 0.459. The highest BCUT2D eigenvalue weighted by molar-refractivity contribution is 5.44. The van der Waals surface area contributed by atoms with Crippen molar-refractivity contribution in [1.29, 1.82) is 0 Å². The van der Waals surface area contributed by atoms with Crippen molar-refractivity contribution in [2.75, 3.05) is 5.73 Å². The van der Waals surface area contributed by atoms with Crippen molar-refractivity contribution in [2.24, 2.45) is 0 Å². The van der Waals surface area contributed by atoms with Crippen LogP contribution >= 0.6 is 0 Å². The standard InChI is InChI=1S/C5H5N5/c6-4-1-5-9-8-3-10(5)2-7-4/h1-3H,6H2. The van der Waals surface area contributed by atoms with Gasteiger partial charge >= 0.3 is 0 Å². The first kappa shape index (κ1) is 5.16. The van der Waals surface area contributed by atoms with Gasteiger partial charge in [0.1, 0.15) is 18.5 Å². The van der Waals surface area contributed by atoms with Crippen LogP contribution in [0.2, 0.25) is 0 Å². The summed E-state index contributed by atoms with van der Waals surface area (Å²) in [6.07, 6.45) is 3.15. The number of nitrogen functional groups attached to an aromatic ring is 1. The zero-order chi connectivity index (χ0) is 6.97. The van der Waals surface area contributed by atoms with E-state index in [2.05, 4.69) is 15.2 Å². The zero-order valence-electron chi connectivity index (χ0n) is 5.10. The van der Waals surface area contributed by atoms with Gasteiger partial charge < -0.3 is 5.73 Å². The van der Waals surface area contributed by atoms with E-state index in [0.29, 0.717) is 11.5 Å². The predicted octanol–water partition coefficient (Wildman–Crippen LogP) is -0.294. The molecular formula is C5H5N5. The van der Waals surface area contributed by atoms with Crippen LogP contribution in [0.15, 0.2) is 18.7 Å². The van der Waals surface area contributed by atoms with Crippen molar-refractivity contribution in [1.82, 2.24) is 19.6 Å². The maximum Gasteiger partial charge on any atom is 0.165 e. The summed E-state index contributed by atoms with van der Waals surface area (Å²) in [7, 11) is 0. The maximum absolute atomic E-state index is 5.39. The number of nitrogens with zero attached hydrogens (tertiary/aromatic N) is 4. The normalized spacial score (nSPS) is 10.4. The average Bonchev–Trinajstić information content (AvgIpc) is 2.33. The lowest BCUT2D eigenvalue weighted by atomic mass is 10.6. The molecule has 2 heterocycles. The first-order valence-corrected chi connectivity index (χ1v) is 2.77. The summed E-state index contributed by atoms with van der Waals surface area (Å²) in [5, 5.41) is 7.43. The molecule has 0 aromatic carbocycles. The molecule has 0 atom stereocenters. The van der Waals surface area contributed by atoms with Gasteiger partial charge in [-0.2, -0.15) is 0 Å². The second-order valence-corrected chi connectivity index (χ2v) is 1.91. The molecule has 0 fully saturated rings. The fourth-order valence-corrected chi connectivity index (χ4v) is 0.742. The molecule has 2 aromatic heterocycles. The van der Waals surface area contributed by atoms with Gasteiger partial charge in [-0.15, -0.1) is 10.2 Å². The van der Waals surface area contributed by atoms with Crippen LogP contribution in [0.4, 0.5) is 5.82 Å². The highest BCUT2D eigenvalue weighted by Gasteiger charge is 1.93. The molecular weight excluding hydrogens is 130 g/mol. The van der Waals surface area contributed by atoms with Gasteiger partial charge in [-0.1, -0.05) is 0 Å². The summed E-state index contributed by atoms with van der Waals surface area (Å²) < 4.78 is 1.69. The summed E-state index contributed by atoms with van der Waals surface area (Å²) >= 11 is 0. The Morgan fingerprint density at radius 1 is 1.40 bits per heavy atom. The molecule has 2 rings (SSSR count). The van der Waals surface area contributed by atoms with Crippen molar-refractivity contribution < 1.29 is 0 Å². The monoisotopic (exact) mass is 135 g/mol.